The summed E-state index contributed by atoms with van der Waals surface area (Å²) in [6, 6.07) is 11.2. The smallest absolute Gasteiger partial charge is 0.259 e. The predicted molar refractivity (Wildman–Crippen MR) is 113 cm³/mol. The summed E-state index contributed by atoms with van der Waals surface area (Å²) in [5, 5.41) is 11.7. The van der Waals surface area contributed by atoms with Crippen LogP contribution in [0.1, 0.15) is 15.9 Å². The molecule has 4 heterocycles. The molecule has 3 aromatic heterocycles. The summed E-state index contributed by atoms with van der Waals surface area (Å²) in [7, 11) is 1.52. The third-order valence-corrected chi connectivity index (χ3v) is 4.91. The number of ether oxygens (including phenoxy) is 1. The number of amides is 1. The Bertz CT molecular complexity index is 1020. The molecule has 0 saturated carbocycles. The third-order valence-electron chi connectivity index (χ3n) is 4.91. The zero-order chi connectivity index (χ0) is 20.9. The lowest BCUT2D eigenvalue weighted by Crippen LogP contribution is -2.49. The summed E-state index contributed by atoms with van der Waals surface area (Å²) in [5.74, 6) is 2.42. The van der Waals surface area contributed by atoms with Crippen LogP contribution in [0.4, 0.5) is 17.5 Å². The number of hydrogen-bond donors (Lipinski definition) is 1. The van der Waals surface area contributed by atoms with Crippen molar-refractivity contribution in [2.75, 3.05) is 43.5 Å². The van der Waals surface area contributed by atoms with Gasteiger partial charge in [0.2, 0.25) is 5.88 Å². The molecule has 0 aliphatic carbocycles. The van der Waals surface area contributed by atoms with Crippen LogP contribution in [-0.2, 0) is 0 Å². The SMILES string of the molecule is COc1ncccc1C(=O)N1CCN(c2ccc(Nc3cc(C)ccn3)nn2)CC1. The fourth-order valence-corrected chi connectivity index (χ4v) is 3.32. The molecule has 0 aromatic carbocycles. The molecule has 1 saturated heterocycles. The van der Waals surface area contributed by atoms with E-state index in [1.54, 1.807) is 24.5 Å². The maximum atomic E-state index is 12.8. The molecule has 1 aliphatic heterocycles. The molecule has 9 heteroatoms. The summed E-state index contributed by atoms with van der Waals surface area (Å²) in [5.41, 5.74) is 1.60. The lowest BCUT2D eigenvalue weighted by atomic mass is 10.2. The highest BCUT2D eigenvalue weighted by molar-refractivity contribution is 5.96. The van der Waals surface area contributed by atoms with E-state index in [2.05, 4.69) is 30.4 Å². The average molecular weight is 405 g/mol. The largest absolute Gasteiger partial charge is 0.480 e. The summed E-state index contributed by atoms with van der Waals surface area (Å²) in [6.07, 6.45) is 3.36. The van der Waals surface area contributed by atoms with E-state index in [9.17, 15) is 4.79 Å². The molecule has 1 aliphatic rings. The summed E-state index contributed by atoms with van der Waals surface area (Å²) in [6.45, 7) is 4.54. The lowest BCUT2D eigenvalue weighted by Gasteiger charge is -2.35. The Morgan fingerprint density at radius 1 is 1.00 bits per heavy atom. The highest BCUT2D eigenvalue weighted by atomic mass is 16.5. The Hall–Kier alpha value is -3.75. The number of aromatic nitrogens is 4. The normalized spacial score (nSPS) is 13.8. The molecule has 0 bridgehead atoms. The number of methoxy groups -OCH3 is 1. The van der Waals surface area contributed by atoms with Gasteiger partial charge in [0.05, 0.1) is 7.11 Å². The van der Waals surface area contributed by atoms with Crippen LogP contribution in [0.3, 0.4) is 0 Å². The van der Waals surface area contributed by atoms with Gasteiger partial charge < -0.3 is 19.9 Å². The van der Waals surface area contributed by atoms with Crippen molar-refractivity contribution in [3.8, 4) is 5.88 Å². The van der Waals surface area contributed by atoms with Gasteiger partial charge in [-0.2, -0.15) is 0 Å². The van der Waals surface area contributed by atoms with Crippen LogP contribution in [-0.4, -0.2) is 64.3 Å². The van der Waals surface area contributed by atoms with Crippen LogP contribution in [0.25, 0.3) is 0 Å². The average Bonchev–Trinajstić information content (AvgIpc) is 2.79. The van der Waals surface area contributed by atoms with E-state index in [4.69, 9.17) is 4.74 Å². The Morgan fingerprint density at radius 2 is 1.83 bits per heavy atom. The number of carbonyl (C=O) groups excluding carboxylic acids is 1. The second-order valence-corrected chi connectivity index (χ2v) is 6.96. The van der Waals surface area contributed by atoms with Crippen LogP contribution >= 0.6 is 0 Å². The first-order valence-corrected chi connectivity index (χ1v) is 9.70. The van der Waals surface area contributed by atoms with E-state index in [-0.39, 0.29) is 5.91 Å². The second-order valence-electron chi connectivity index (χ2n) is 6.96. The van der Waals surface area contributed by atoms with Gasteiger partial charge >= 0.3 is 0 Å². The number of piperazine rings is 1. The van der Waals surface area contributed by atoms with Crippen molar-refractivity contribution in [2.45, 2.75) is 6.92 Å². The van der Waals surface area contributed by atoms with Crippen LogP contribution < -0.4 is 15.0 Å². The van der Waals surface area contributed by atoms with E-state index in [0.717, 1.165) is 17.2 Å². The van der Waals surface area contributed by atoms with Crippen molar-refractivity contribution >= 4 is 23.4 Å². The third kappa shape index (κ3) is 4.29. The quantitative estimate of drug-likeness (QED) is 0.691. The molecule has 154 valence electrons. The first-order chi connectivity index (χ1) is 14.6. The number of nitrogens with zero attached hydrogens (tertiary/aromatic N) is 6. The number of carbonyl (C=O) groups is 1. The van der Waals surface area contributed by atoms with Gasteiger partial charge in [0.1, 0.15) is 11.4 Å². The molecule has 1 fully saturated rings. The minimum absolute atomic E-state index is 0.0733. The first-order valence-electron chi connectivity index (χ1n) is 9.70. The standard InChI is InChI=1S/C21H23N7O2/c1-15-7-9-22-18(14-15)24-17-5-6-19(26-25-17)27-10-12-28(13-11-27)21(29)16-4-3-8-23-20(16)30-2/h3-9,14H,10-13H2,1-2H3,(H,22,24,25). The molecule has 1 amide bonds. The number of pyridine rings is 2. The summed E-state index contributed by atoms with van der Waals surface area (Å²) >= 11 is 0. The monoisotopic (exact) mass is 405 g/mol. The predicted octanol–water partition coefficient (Wildman–Crippen LogP) is 2.29. The summed E-state index contributed by atoms with van der Waals surface area (Å²) < 4.78 is 5.21. The first kappa shape index (κ1) is 19.6. The minimum Gasteiger partial charge on any atom is -0.480 e. The fourth-order valence-electron chi connectivity index (χ4n) is 3.32. The van der Waals surface area contributed by atoms with Gasteiger partial charge in [-0.1, -0.05) is 0 Å². The topological polar surface area (TPSA) is 96.4 Å². The Balaban J connectivity index is 1.36. The molecule has 0 unspecified atom stereocenters. The van der Waals surface area contributed by atoms with E-state index in [1.807, 2.05) is 36.1 Å². The number of nitrogens with one attached hydrogen (secondary N) is 1. The molecule has 9 nitrogen and oxygen atoms in total. The molecule has 0 radical (unpaired) electrons. The van der Waals surface area contributed by atoms with Gasteiger partial charge in [0.15, 0.2) is 11.6 Å². The van der Waals surface area contributed by atoms with Crippen molar-refractivity contribution in [1.82, 2.24) is 25.1 Å². The van der Waals surface area contributed by atoms with E-state index in [0.29, 0.717) is 43.4 Å². The molecule has 30 heavy (non-hydrogen) atoms. The van der Waals surface area contributed by atoms with Gasteiger partial charge in [0.25, 0.3) is 5.91 Å². The zero-order valence-corrected chi connectivity index (χ0v) is 16.9. The van der Waals surface area contributed by atoms with E-state index >= 15 is 0 Å². The highest BCUT2D eigenvalue weighted by Gasteiger charge is 2.25. The van der Waals surface area contributed by atoms with Crippen LogP contribution in [0, 0.1) is 6.92 Å². The molecule has 0 spiro atoms. The van der Waals surface area contributed by atoms with Gasteiger partial charge in [-0.05, 0) is 48.9 Å². The van der Waals surface area contributed by atoms with Crippen molar-refractivity contribution in [3.05, 3.63) is 59.9 Å². The number of anilines is 3. The molecule has 3 aromatic rings. The molecule has 0 atom stereocenters. The maximum absolute atomic E-state index is 12.8. The van der Waals surface area contributed by atoms with Gasteiger partial charge in [-0.25, -0.2) is 9.97 Å². The Kier molecular flexibility index (Phi) is 5.69. The van der Waals surface area contributed by atoms with Gasteiger partial charge in [-0.15, -0.1) is 10.2 Å². The second kappa shape index (κ2) is 8.73. The van der Waals surface area contributed by atoms with Crippen molar-refractivity contribution < 1.29 is 9.53 Å². The van der Waals surface area contributed by atoms with Crippen molar-refractivity contribution in [3.63, 3.8) is 0 Å². The molecule has 1 N–H and O–H groups in total. The summed E-state index contributed by atoms with van der Waals surface area (Å²) in [4.78, 5) is 25.1. The molecular weight excluding hydrogens is 382 g/mol. The van der Waals surface area contributed by atoms with Gasteiger partial charge in [-0.3, -0.25) is 4.79 Å². The molecule has 4 rings (SSSR count). The van der Waals surface area contributed by atoms with Crippen LogP contribution in [0.5, 0.6) is 5.88 Å². The number of rotatable bonds is 5. The highest BCUT2D eigenvalue weighted by Crippen LogP contribution is 2.20. The van der Waals surface area contributed by atoms with Crippen molar-refractivity contribution in [1.29, 1.82) is 0 Å². The fraction of sp³-hybridized carbons (Fsp3) is 0.286. The number of hydrogen-bond acceptors (Lipinski definition) is 8. The van der Waals surface area contributed by atoms with Crippen molar-refractivity contribution in [2.24, 2.45) is 0 Å². The van der Waals surface area contributed by atoms with Crippen LogP contribution in [0.2, 0.25) is 0 Å². The maximum Gasteiger partial charge on any atom is 0.259 e. The Morgan fingerprint density at radius 3 is 2.53 bits per heavy atom. The lowest BCUT2D eigenvalue weighted by molar-refractivity contribution is 0.0742. The minimum atomic E-state index is -0.0733. The Labute approximate surface area is 174 Å². The van der Waals surface area contributed by atoms with Crippen LogP contribution in [0.15, 0.2) is 48.8 Å². The number of aryl methyl sites for hydroxylation is 1. The van der Waals surface area contributed by atoms with E-state index in [1.165, 1.54) is 7.11 Å². The molecular formula is C21H23N7O2. The zero-order valence-electron chi connectivity index (χ0n) is 16.9. The van der Waals surface area contributed by atoms with E-state index < -0.39 is 0 Å². The van der Waals surface area contributed by atoms with Gasteiger partial charge in [0, 0.05) is 38.6 Å².